The van der Waals surface area contributed by atoms with Crippen molar-refractivity contribution in [3.63, 3.8) is 0 Å². The zero-order valence-electron chi connectivity index (χ0n) is 12.0. The maximum Gasteiger partial charge on any atom is 0.0526 e. The second-order valence-electron chi connectivity index (χ2n) is 6.27. The Morgan fingerprint density at radius 1 is 1.30 bits per heavy atom. The minimum absolute atomic E-state index is 0.696. The lowest BCUT2D eigenvalue weighted by atomic mass is 9.88. The molecule has 20 heavy (non-hydrogen) atoms. The molecule has 1 aromatic heterocycles. The van der Waals surface area contributed by atoms with Gasteiger partial charge in [0, 0.05) is 28.6 Å². The summed E-state index contributed by atoms with van der Waals surface area (Å²) in [7, 11) is 0. The van der Waals surface area contributed by atoms with Gasteiger partial charge in [0.1, 0.15) is 0 Å². The van der Waals surface area contributed by atoms with Gasteiger partial charge in [0.2, 0.25) is 0 Å². The predicted molar refractivity (Wildman–Crippen MR) is 87.5 cm³/mol. The van der Waals surface area contributed by atoms with Gasteiger partial charge in [-0.25, -0.2) is 0 Å². The minimum Gasteiger partial charge on any atom is -0.343 e. The molecule has 1 atom stereocenters. The van der Waals surface area contributed by atoms with Gasteiger partial charge in [-0.15, -0.1) is 0 Å². The molecule has 0 radical (unpaired) electrons. The molecule has 1 aromatic carbocycles. The first-order valence-corrected chi connectivity index (χ1v) is 8.57. The highest BCUT2D eigenvalue weighted by Crippen LogP contribution is 2.38. The van der Waals surface area contributed by atoms with E-state index in [0.717, 1.165) is 6.54 Å². The zero-order valence-corrected chi connectivity index (χ0v) is 13.6. The first-order valence-electron chi connectivity index (χ1n) is 7.77. The Hall–Kier alpha value is -0.800. The molecule has 106 valence electrons. The van der Waals surface area contributed by atoms with Crippen molar-refractivity contribution in [2.24, 2.45) is 0 Å². The predicted octanol–water partition coefficient (Wildman–Crippen LogP) is 4.13. The molecule has 2 aromatic rings. The van der Waals surface area contributed by atoms with Gasteiger partial charge in [-0.2, -0.15) is 0 Å². The van der Waals surface area contributed by atoms with Crippen molar-refractivity contribution in [2.45, 2.75) is 45.1 Å². The summed E-state index contributed by atoms with van der Waals surface area (Å²) >= 11 is 3.83. The van der Waals surface area contributed by atoms with Gasteiger partial charge in [0.15, 0.2) is 0 Å². The van der Waals surface area contributed by atoms with Crippen molar-refractivity contribution in [3.05, 3.63) is 33.4 Å². The summed E-state index contributed by atoms with van der Waals surface area (Å²) in [6.07, 6.45) is 5.14. The van der Waals surface area contributed by atoms with Crippen LogP contribution in [0.2, 0.25) is 0 Å². The summed E-state index contributed by atoms with van der Waals surface area (Å²) in [6.45, 7) is 5.74. The van der Waals surface area contributed by atoms with E-state index < -0.39 is 0 Å². The van der Waals surface area contributed by atoms with E-state index >= 15 is 0 Å². The van der Waals surface area contributed by atoms with Gasteiger partial charge in [0.25, 0.3) is 0 Å². The number of nitrogens with zero attached hydrogens (tertiary/aromatic N) is 1. The number of piperidine rings is 1. The Bertz CT molecular complexity index is 665. The summed E-state index contributed by atoms with van der Waals surface area (Å²) in [5.41, 5.74) is 5.97. The van der Waals surface area contributed by atoms with Crippen molar-refractivity contribution >= 4 is 26.8 Å². The topological polar surface area (TPSA) is 17.0 Å². The zero-order chi connectivity index (χ0) is 13.7. The summed E-state index contributed by atoms with van der Waals surface area (Å²) < 4.78 is 3.81. The highest BCUT2D eigenvalue weighted by Gasteiger charge is 2.22. The Labute approximate surface area is 128 Å². The van der Waals surface area contributed by atoms with Gasteiger partial charge >= 0.3 is 0 Å². The number of benzene rings is 1. The molecule has 0 saturated carbocycles. The highest BCUT2D eigenvalue weighted by molar-refractivity contribution is 9.10. The van der Waals surface area contributed by atoms with Gasteiger partial charge in [-0.05, 0) is 78.2 Å². The average molecular weight is 333 g/mol. The highest BCUT2D eigenvalue weighted by atomic mass is 79.9. The second kappa shape index (κ2) is 4.88. The first kappa shape index (κ1) is 12.9. The molecule has 3 heterocycles. The van der Waals surface area contributed by atoms with Crippen LogP contribution >= 0.6 is 15.9 Å². The molecule has 1 unspecified atom stereocenters. The van der Waals surface area contributed by atoms with Crippen molar-refractivity contribution < 1.29 is 0 Å². The summed E-state index contributed by atoms with van der Waals surface area (Å²) in [5, 5.41) is 4.98. The van der Waals surface area contributed by atoms with E-state index in [1.165, 1.54) is 59.8 Å². The van der Waals surface area contributed by atoms with Crippen LogP contribution in [0.15, 0.2) is 16.6 Å². The van der Waals surface area contributed by atoms with Crippen LogP contribution < -0.4 is 5.32 Å². The van der Waals surface area contributed by atoms with E-state index in [9.17, 15) is 0 Å². The molecular weight excluding hydrogens is 312 g/mol. The maximum atomic E-state index is 3.83. The average Bonchev–Trinajstić information content (AvgIpc) is 2.75. The van der Waals surface area contributed by atoms with Crippen LogP contribution in [-0.2, 0) is 13.0 Å². The fourth-order valence-electron chi connectivity index (χ4n) is 3.96. The Balaban J connectivity index is 1.91. The van der Waals surface area contributed by atoms with Gasteiger partial charge in [-0.1, -0.05) is 6.07 Å². The smallest absolute Gasteiger partial charge is 0.0526 e. The molecule has 1 saturated heterocycles. The minimum atomic E-state index is 0.696. The molecule has 0 amide bonds. The SMILES string of the molecule is Cc1c(Br)c2cc(C3CCCNC3)cc3c2n1CCC3. The van der Waals surface area contributed by atoms with E-state index in [2.05, 4.69) is 44.9 Å². The lowest BCUT2D eigenvalue weighted by Crippen LogP contribution is -2.28. The molecule has 1 N–H and O–H groups in total. The Kier molecular flexibility index (Phi) is 3.15. The molecular formula is C17H21BrN2. The van der Waals surface area contributed by atoms with E-state index in [1.807, 2.05) is 0 Å². The number of hydrogen-bond acceptors (Lipinski definition) is 1. The van der Waals surface area contributed by atoms with Crippen molar-refractivity contribution in [1.29, 1.82) is 0 Å². The second-order valence-corrected chi connectivity index (χ2v) is 7.07. The molecule has 1 fully saturated rings. The van der Waals surface area contributed by atoms with Crippen LogP contribution in [0.4, 0.5) is 0 Å². The van der Waals surface area contributed by atoms with Crippen LogP contribution in [0.25, 0.3) is 10.9 Å². The maximum absolute atomic E-state index is 3.83. The quantitative estimate of drug-likeness (QED) is 0.830. The number of rotatable bonds is 1. The largest absolute Gasteiger partial charge is 0.343 e. The van der Waals surface area contributed by atoms with Crippen molar-refractivity contribution in [3.8, 4) is 0 Å². The van der Waals surface area contributed by atoms with Crippen LogP contribution in [0, 0.1) is 6.92 Å². The fourth-order valence-corrected chi connectivity index (χ4v) is 4.47. The van der Waals surface area contributed by atoms with Gasteiger partial charge in [-0.3, -0.25) is 0 Å². The van der Waals surface area contributed by atoms with Crippen molar-refractivity contribution in [1.82, 2.24) is 9.88 Å². The van der Waals surface area contributed by atoms with Gasteiger partial charge < -0.3 is 9.88 Å². The summed E-state index contributed by atoms with van der Waals surface area (Å²) in [4.78, 5) is 0. The number of hydrogen-bond donors (Lipinski definition) is 1. The summed E-state index contributed by atoms with van der Waals surface area (Å²) in [6, 6.07) is 4.93. The molecule has 2 nitrogen and oxygen atoms in total. The van der Waals surface area contributed by atoms with Crippen LogP contribution in [0.5, 0.6) is 0 Å². The number of aryl methyl sites for hydroxylation is 2. The third-order valence-corrected chi connectivity index (χ3v) is 6.04. The standard InChI is InChI=1S/C17H21BrN2/c1-11-16(18)15-9-14(13-4-2-6-19-10-13)8-12-5-3-7-20(11)17(12)15/h8-9,13,19H,2-7,10H2,1H3. The van der Waals surface area contributed by atoms with Crippen molar-refractivity contribution in [2.75, 3.05) is 13.1 Å². The molecule has 0 bridgehead atoms. The molecule has 0 aliphatic carbocycles. The fraction of sp³-hybridized carbons (Fsp3) is 0.529. The lowest BCUT2D eigenvalue weighted by molar-refractivity contribution is 0.461. The molecule has 4 rings (SSSR count). The Morgan fingerprint density at radius 3 is 3.00 bits per heavy atom. The number of nitrogens with one attached hydrogen (secondary N) is 1. The van der Waals surface area contributed by atoms with E-state index in [-0.39, 0.29) is 0 Å². The van der Waals surface area contributed by atoms with Crippen LogP contribution in [-0.4, -0.2) is 17.7 Å². The van der Waals surface area contributed by atoms with E-state index in [4.69, 9.17) is 0 Å². The van der Waals surface area contributed by atoms with Crippen LogP contribution in [0.1, 0.15) is 42.0 Å². The van der Waals surface area contributed by atoms with E-state index in [0.29, 0.717) is 5.92 Å². The van der Waals surface area contributed by atoms with E-state index in [1.54, 1.807) is 11.1 Å². The molecule has 3 heteroatoms. The number of aromatic nitrogens is 1. The molecule has 2 aliphatic heterocycles. The molecule has 0 spiro atoms. The first-order chi connectivity index (χ1) is 9.75. The Morgan fingerprint density at radius 2 is 2.20 bits per heavy atom. The lowest BCUT2D eigenvalue weighted by Gasteiger charge is -2.25. The number of halogens is 1. The van der Waals surface area contributed by atoms with Crippen LogP contribution in [0.3, 0.4) is 0 Å². The molecule has 2 aliphatic rings. The third-order valence-electron chi connectivity index (χ3n) is 5.04. The normalized spacial score (nSPS) is 22.4. The van der Waals surface area contributed by atoms with Gasteiger partial charge in [0.05, 0.1) is 5.52 Å². The third kappa shape index (κ3) is 1.86. The monoisotopic (exact) mass is 332 g/mol. The summed E-state index contributed by atoms with van der Waals surface area (Å²) in [5.74, 6) is 0.696.